The van der Waals surface area contributed by atoms with Gasteiger partial charge >= 0.3 is 12.4 Å². The largest absolute Gasteiger partial charge is 0.416 e. The number of halogens is 6. The molecule has 2 unspecified atom stereocenters. The molecule has 0 radical (unpaired) electrons. The molecule has 0 aliphatic carbocycles. The molecule has 4 aromatic carbocycles. The van der Waals surface area contributed by atoms with E-state index in [2.05, 4.69) is 11.4 Å². The van der Waals surface area contributed by atoms with Crippen molar-refractivity contribution in [2.75, 3.05) is 23.3 Å². The van der Waals surface area contributed by atoms with Gasteiger partial charge in [-0.2, -0.15) is 26.3 Å². The summed E-state index contributed by atoms with van der Waals surface area (Å²) in [7, 11) is 0. The Morgan fingerprint density at radius 3 is 1.77 bits per heavy atom. The van der Waals surface area contributed by atoms with E-state index in [-0.39, 0.29) is 30.1 Å². The van der Waals surface area contributed by atoms with Crippen molar-refractivity contribution in [1.82, 2.24) is 0 Å². The third-order valence-corrected chi connectivity index (χ3v) is 7.16. The third-order valence-electron chi connectivity index (χ3n) is 7.16. The van der Waals surface area contributed by atoms with Gasteiger partial charge in [0.2, 0.25) is 0 Å². The van der Waals surface area contributed by atoms with Crippen LogP contribution in [-0.2, 0) is 12.4 Å². The number of hydrogen-bond donors (Lipinski definition) is 1. The van der Waals surface area contributed by atoms with Crippen LogP contribution in [0.5, 0.6) is 0 Å². The minimum absolute atomic E-state index is 0.0223. The number of piperidine rings is 1. The van der Waals surface area contributed by atoms with Gasteiger partial charge in [0, 0.05) is 36.1 Å². The Labute approximate surface area is 222 Å². The quantitative estimate of drug-likeness (QED) is 0.254. The minimum Gasteiger partial charge on any atom is -0.371 e. The van der Waals surface area contributed by atoms with Crippen molar-refractivity contribution >= 4 is 17.1 Å². The fraction of sp³-hybridized carbons (Fsp3) is 0.226. The first kappa shape index (κ1) is 26.7. The topological polar surface area (TPSA) is 15.3 Å². The van der Waals surface area contributed by atoms with Crippen LogP contribution in [0, 0.1) is 0 Å². The summed E-state index contributed by atoms with van der Waals surface area (Å²) in [5.41, 5.74) is 1.21. The standard InChI is InChI=1S/C31H26F6N2/c32-30(33,34)23-17-24(31(35,36)37)19-27(18-23)39-15-14-28(29(20-39)21-8-3-1-4-9-21)22-10-7-13-26(16-22)38-25-11-5-2-6-12-25/h1-13,16-19,28-29,38H,14-15,20H2. The Balaban J connectivity index is 1.49. The van der Waals surface area contributed by atoms with E-state index in [1.165, 1.54) is 0 Å². The maximum absolute atomic E-state index is 13.5. The van der Waals surface area contributed by atoms with Crippen molar-refractivity contribution in [2.24, 2.45) is 0 Å². The highest BCUT2D eigenvalue weighted by molar-refractivity contribution is 5.61. The molecule has 8 heteroatoms. The Kier molecular flexibility index (Phi) is 7.30. The molecule has 5 rings (SSSR count). The van der Waals surface area contributed by atoms with Gasteiger partial charge in [-0.05, 0) is 65.9 Å². The summed E-state index contributed by atoms with van der Waals surface area (Å²) in [4.78, 5) is 1.64. The van der Waals surface area contributed by atoms with Crippen molar-refractivity contribution < 1.29 is 26.3 Å². The fourth-order valence-electron chi connectivity index (χ4n) is 5.28. The first-order valence-corrected chi connectivity index (χ1v) is 12.6. The van der Waals surface area contributed by atoms with Crippen molar-refractivity contribution in [3.8, 4) is 0 Å². The summed E-state index contributed by atoms with van der Waals surface area (Å²) in [6.07, 6.45) is -9.22. The van der Waals surface area contributed by atoms with Gasteiger partial charge in [-0.1, -0.05) is 60.7 Å². The molecule has 1 heterocycles. The van der Waals surface area contributed by atoms with E-state index >= 15 is 0 Å². The SMILES string of the molecule is FC(F)(F)c1cc(N2CCC(c3cccc(Nc4ccccc4)c3)C(c3ccccc3)C2)cc(C(F)(F)F)c1. The Bertz CT molecular complexity index is 1370. The number of alkyl halides is 6. The Hall–Kier alpha value is -3.94. The fourth-order valence-corrected chi connectivity index (χ4v) is 5.28. The predicted octanol–water partition coefficient (Wildman–Crippen LogP) is 9.25. The van der Waals surface area contributed by atoms with Crippen LogP contribution in [0.2, 0.25) is 0 Å². The molecule has 2 atom stereocenters. The van der Waals surface area contributed by atoms with E-state index in [9.17, 15) is 26.3 Å². The van der Waals surface area contributed by atoms with E-state index in [1.54, 1.807) is 4.90 Å². The van der Waals surface area contributed by atoms with Crippen LogP contribution in [0.25, 0.3) is 0 Å². The summed E-state index contributed by atoms with van der Waals surface area (Å²) in [6, 6.07) is 29.1. The van der Waals surface area contributed by atoms with E-state index in [4.69, 9.17) is 0 Å². The Morgan fingerprint density at radius 2 is 1.15 bits per heavy atom. The first-order chi connectivity index (χ1) is 18.6. The molecule has 0 aromatic heterocycles. The highest BCUT2D eigenvalue weighted by Gasteiger charge is 2.39. The zero-order chi connectivity index (χ0) is 27.6. The number of nitrogens with zero attached hydrogens (tertiary/aromatic N) is 1. The molecule has 39 heavy (non-hydrogen) atoms. The zero-order valence-corrected chi connectivity index (χ0v) is 20.8. The summed E-state index contributed by atoms with van der Waals surface area (Å²) < 4.78 is 81.2. The lowest BCUT2D eigenvalue weighted by atomic mass is 9.76. The van der Waals surface area contributed by atoms with Gasteiger partial charge in [-0.25, -0.2) is 0 Å². The van der Waals surface area contributed by atoms with Gasteiger partial charge in [0.05, 0.1) is 11.1 Å². The lowest BCUT2D eigenvalue weighted by molar-refractivity contribution is -0.143. The summed E-state index contributed by atoms with van der Waals surface area (Å²) in [6.45, 7) is 0.604. The van der Waals surface area contributed by atoms with Crippen LogP contribution in [0.15, 0.2) is 103 Å². The van der Waals surface area contributed by atoms with Crippen LogP contribution < -0.4 is 10.2 Å². The molecule has 0 amide bonds. The molecule has 1 saturated heterocycles. The van der Waals surface area contributed by atoms with E-state index in [0.717, 1.165) is 34.6 Å². The molecular weight excluding hydrogens is 514 g/mol. The highest BCUT2D eigenvalue weighted by atomic mass is 19.4. The maximum Gasteiger partial charge on any atom is 0.416 e. The second-order valence-corrected chi connectivity index (χ2v) is 9.74. The van der Waals surface area contributed by atoms with Crippen LogP contribution in [0.3, 0.4) is 0 Å². The van der Waals surface area contributed by atoms with Crippen molar-refractivity contribution in [2.45, 2.75) is 30.6 Å². The van der Waals surface area contributed by atoms with Crippen LogP contribution in [0.4, 0.5) is 43.4 Å². The predicted molar refractivity (Wildman–Crippen MR) is 141 cm³/mol. The molecule has 0 bridgehead atoms. The van der Waals surface area contributed by atoms with Crippen molar-refractivity contribution in [3.05, 3.63) is 125 Å². The number of benzene rings is 4. The second kappa shape index (κ2) is 10.7. The van der Waals surface area contributed by atoms with Gasteiger partial charge in [-0.3, -0.25) is 0 Å². The van der Waals surface area contributed by atoms with Gasteiger partial charge in [-0.15, -0.1) is 0 Å². The number of nitrogens with one attached hydrogen (secondary N) is 1. The number of rotatable bonds is 5. The molecule has 2 nitrogen and oxygen atoms in total. The van der Waals surface area contributed by atoms with Crippen LogP contribution in [-0.4, -0.2) is 13.1 Å². The van der Waals surface area contributed by atoms with E-state index in [1.807, 2.05) is 78.9 Å². The van der Waals surface area contributed by atoms with Gasteiger partial charge in [0.25, 0.3) is 0 Å². The molecular formula is C31H26F6N2. The minimum atomic E-state index is -4.89. The first-order valence-electron chi connectivity index (χ1n) is 12.6. The number of hydrogen-bond acceptors (Lipinski definition) is 2. The van der Waals surface area contributed by atoms with Crippen LogP contribution >= 0.6 is 0 Å². The average molecular weight is 541 g/mol. The highest BCUT2D eigenvalue weighted by Crippen LogP contribution is 2.44. The zero-order valence-electron chi connectivity index (χ0n) is 20.8. The average Bonchev–Trinajstić information content (AvgIpc) is 2.93. The maximum atomic E-state index is 13.5. The third kappa shape index (κ3) is 6.21. The smallest absolute Gasteiger partial charge is 0.371 e. The summed E-state index contributed by atoms with van der Waals surface area (Å²) in [5, 5.41) is 3.39. The van der Waals surface area contributed by atoms with Gasteiger partial charge in [0.15, 0.2) is 0 Å². The van der Waals surface area contributed by atoms with Crippen LogP contribution in [0.1, 0.15) is 40.5 Å². The summed E-state index contributed by atoms with van der Waals surface area (Å²) >= 11 is 0. The molecule has 1 N–H and O–H groups in total. The second-order valence-electron chi connectivity index (χ2n) is 9.74. The van der Waals surface area contributed by atoms with Gasteiger partial charge < -0.3 is 10.2 Å². The number of para-hydroxylation sites is 1. The molecule has 4 aromatic rings. The molecule has 1 aliphatic heterocycles. The normalized spacial score (nSPS) is 18.2. The molecule has 1 fully saturated rings. The van der Waals surface area contributed by atoms with E-state index < -0.39 is 23.5 Å². The van der Waals surface area contributed by atoms with Crippen molar-refractivity contribution in [1.29, 1.82) is 0 Å². The van der Waals surface area contributed by atoms with Crippen molar-refractivity contribution in [3.63, 3.8) is 0 Å². The monoisotopic (exact) mass is 540 g/mol. The molecule has 0 spiro atoms. The van der Waals surface area contributed by atoms with E-state index in [0.29, 0.717) is 13.0 Å². The number of anilines is 3. The lowest BCUT2D eigenvalue weighted by Gasteiger charge is -2.41. The Morgan fingerprint density at radius 1 is 0.590 bits per heavy atom. The molecule has 0 saturated carbocycles. The lowest BCUT2D eigenvalue weighted by Crippen LogP contribution is -2.38. The molecule has 202 valence electrons. The summed E-state index contributed by atoms with van der Waals surface area (Å²) in [5.74, 6) is -0.120. The van der Waals surface area contributed by atoms with Gasteiger partial charge in [0.1, 0.15) is 0 Å². The molecule has 1 aliphatic rings.